The van der Waals surface area contributed by atoms with E-state index in [1.807, 2.05) is 6.07 Å². The van der Waals surface area contributed by atoms with Crippen LogP contribution in [-0.4, -0.2) is 34.0 Å². The Morgan fingerprint density at radius 1 is 1.25 bits per heavy atom. The summed E-state index contributed by atoms with van der Waals surface area (Å²) in [6, 6.07) is 2.81. The molecule has 1 aromatic heterocycles. The minimum atomic E-state index is 0.776. The fraction of sp³-hybridized carbons (Fsp3) is 0.750. The molecular formula is C16H28N4. The molecule has 1 aliphatic carbocycles. The summed E-state index contributed by atoms with van der Waals surface area (Å²) in [6.45, 7) is 9.51. The maximum Gasteiger partial charge on any atom is 0.144 e. The summed E-state index contributed by atoms with van der Waals surface area (Å²) in [4.78, 5) is 11.8. The summed E-state index contributed by atoms with van der Waals surface area (Å²) in [7, 11) is 0. The molecule has 0 bridgehead atoms. The van der Waals surface area contributed by atoms with Gasteiger partial charge in [0.2, 0.25) is 0 Å². The van der Waals surface area contributed by atoms with Crippen LogP contribution in [0.25, 0.3) is 0 Å². The van der Waals surface area contributed by atoms with Crippen molar-refractivity contribution in [3.63, 3.8) is 0 Å². The number of unbranched alkanes of at least 4 members (excludes halogenated alkanes) is 1. The molecule has 1 aliphatic rings. The van der Waals surface area contributed by atoms with Crippen LogP contribution in [0.4, 0.5) is 5.82 Å². The van der Waals surface area contributed by atoms with Gasteiger partial charge in [-0.15, -0.1) is 0 Å². The van der Waals surface area contributed by atoms with Gasteiger partial charge in [-0.25, -0.2) is 9.97 Å². The molecule has 0 spiro atoms. The molecule has 4 nitrogen and oxygen atoms in total. The zero-order valence-corrected chi connectivity index (χ0v) is 13.2. The van der Waals surface area contributed by atoms with Crippen LogP contribution in [0.15, 0.2) is 6.07 Å². The van der Waals surface area contributed by atoms with Gasteiger partial charge in [-0.3, -0.25) is 4.90 Å². The highest BCUT2D eigenvalue weighted by atomic mass is 15.2. The lowest BCUT2D eigenvalue weighted by Crippen LogP contribution is -2.28. The van der Waals surface area contributed by atoms with Gasteiger partial charge in [0.05, 0.1) is 6.54 Å². The molecule has 0 radical (unpaired) electrons. The molecule has 0 unspecified atom stereocenters. The molecule has 1 N–H and O–H groups in total. The second-order valence-corrected chi connectivity index (χ2v) is 5.79. The first-order valence-electron chi connectivity index (χ1n) is 8.05. The van der Waals surface area contributed by atoms with Gasteiger partial charge in [-0.1, -0.05) is 20.3 Å². The number of nitrogens with zero attached hydrogens (tertiary/aromatic N) is 3. The van der Waals surface area contributed by atoms with Crippen LogP contribution >= 0.6 is 0 Å². The van der Waals surface area contributed by atoms with E-state index >= 15 is 0 Å². The Balaban J connectivity index is 2.00. The van der Waals surface area contributed by atoms with E-state index in [0.29, 0.717) is 0 Å². The standard InChI is InChI=1S/C16H28N4/c1-4-6-10-20(14-7-8-14)12-16-18-13(3)11-15(19-16)17-9-5-2/h11,14H,4-10,12H2,1-3H3,(H,17,18,19). The van der Waals surface area contributed by atoms with Crippen LogP contribution in [0, 0.1) is 6.92 Å². The molecular weight excluding hydrogens is 248 g/mol. The van der Waals surface area contributed by atoms with E-state index in [9.17, 15) is 0 Å². The van der Waals surface area contributed by atoms with Gasteiger partial charge in [-0.2, -0.15) is 0 Å². The van der Waals surface area contributed by atoms with Gasteiger partial charge in [-0.05, 0) is 39.2 Å². The highest BCUT2D eigenvalue weighted by molar-refractivity contribution is 5.35. The van der Waals surface area contributed by atoms with Gasteiger partial charge in [0, 0.05) is 24.3 Å². The van der Waals surface area contributed by atoms with Crippen molar-refractivity contribution in [1.29, 1.82) is 0 Å². The smallest absolute Gasteiger partial charge is 0.144 e. The lowest BCUT2D eigenvalue weighted by atomic mass is 10.3. The first-order chi connectivity index (χ1) is 9.72. The number of hydrogen-bond donors (Lipinski definition) is 1. The summed E-state index contributed by atoms with van der Waals surface area (Å²) >= 11 is 0. The van der Waals surface area contributed by atoms with Crippen LogP contribution in [0.2, 0.25) is 0 Å². The fourth-order valence-electron chi connectivity index (χ4n) is 2.42. The molecule has 4 heteroatoms. The molecule has 0 saturated heterocycles. The summed E-state index contributed by atoms with van der Waals surface area (Å²) in [5, 5.41) is 3.37. The summed E-state index contributed by atoms with van der Waals surface area (Å²) in [5.74, 6) is 1.94. The number of aryl methyl sites for hydroxylation is 1. The molecule has 1 fully saturated rings. The zero-order valence-electron chi connectivity index (χ0n) is 13.2. The summed E-state index contributed by atoms with van der Waals surface area (Å²) < 4.78 is 0. The molecule has 2 rings (SSSR count). The third-order valence-electron chi connectivity index (χ3n) is 3.66. The van der Waals surface area contributed by atoms with Crippen molar-refractivity contribution in [3.8, 4) is 0 Å². The second-order valence-electron chi connectivity index (χ2n) is 5.79. The average Bonchev–Trinajstić information content (AvgIpc) is 3.25. The minimum absolute atomic E-state index is 0.776. The maximum atomic E-state index is 4.67. The predicted octanol–water partition coefficient (Wildman–Crippen LogP) is 3.37. The SMILES string of the molecule is CCCCN(Cc1nc(C)cc(NCCC)n1)C1CC1. The maximum absolute atomic E-state index is 4.67. The van der Waals surface area contributed by atoms with E-state index < -0.39 is 0 Å². The molecule has 1 saturated carbocycles. The van der Waals surface area contributed by atoms with E-state index in [4.69, 9.17) is 0 Å². The zero-order chi connectivity index (χ0) is 14.4. The van der Waals surface area contributed by atoms with Crippen LogP contribution in [0.1, 0.15) is 57.5 Å². The predicted molar refractivity (Wildman–Crippen MR) is 83.9 cm³/mol. The number of aromatic nitrogens is 2. The third kappa shape index (κ3) is 4.75. The fourth-order valence-corrected chi connectivity index (χ4v) is 2.42. The molecule has 0 aliphatic heterocycles. The van der Waals surface area contributed by atoms with Crippen molar-refractivity contribution in [2.75, 3.05) is 18.4 Å². The van der Waals surface area contributed by atoms with Gasteiger partial charge >= 0.3 is 0 Å². The molecule has 0 amide bonds. The number of nitrogens with one attached hydrogen (secondary N) is 1. The average molecular weight is 276 g/mol. The van der Waals surface area contributed by atoms with Gasteiger partial charge in [0.1, 0.15) is 11.6 Å². The minimum Gasteiger partial charge on any atom is -0.370 e. The van der Waals surface area contributed by atoms with Gasteiger partial charge in [0.25, 0.3) is 0 Å². The quantitative estimate of drug-likeness (QED) is 0.751. The van der Waals surface area contributed by atoms with Crippen molar-refractivity contribution in [2.24, 2.45) is 0 Å². The van der Waals surface area contributed by atoms with Crippen LogP contribution in [0.5, 0.6) is 0 Å². The van der Waals surface area contributed by atoms with Crippen LogP contribution in [-0.2, 0) is 6.54 Å². The molecule has 0 aromatic carbocycles. The van der Waals surface area contributed by atoms with Gasteiger partial charge in [0.15, 0.2) is 0 Å². The Kier molecular flexibility index (Phi) is 5.77. The van der Waals surface area contributed by atoms with Crippen molar-refractivity contribution in [1.82, 2.24) is 14.9 Å². The molecule has 1 aromatic rings. The highest BCUT2D eigenvalue weighted by Crippen LogP contribution is 2.28. The first kappa shape index (κ1) is 15.2. The number of rotatable bonds is 9. The lowest BCUT2D eigenvalue weighted by Gasteiger charge is -2.21. The molecule has 112 valence electrons. The summed E-state index contributed by atoms with van der Waals surface area (Å²) in [6.07, 6.45) is 6.32. The Morgan fingerprint density at radius 3 is 2.70 bits per heavy atom. The summed E-state index contributed by atoms with van der Waals surface area (Å²) in [5.41, 5.74) is 1.06. The normalized spacial score (nSPS) is 14.8. The van der Waals surface area contributed by atoms with Crippen molar-refractivity contribution < 1.29 is 0 Å². The molecule has 1 heterocycles. The van der Waals surface area contributed by atoms with E-state index in [1.54, 1.807) is 0 Å². The Bertz CT molecular complexity index is 415. The van der Waals surface area contributed by atoms with Crippen LogP contribution in [0.3, 0.4) is 0 Å². The van der Waals surface area contributed by atoms with Gasteiger partial charge < -0.3 is 5.32 Å². The number of hydrogen-bond acceptors (Lipinski definition) is 4. The van der Waals surface area contributed by atoms with E-state index in [0.717, 1.165) is 42.9 Å². The van der Waals surface area contributed by atoms with E-state index in [-0.39, 0.29) is 0 Å². The lowest BCUT2D eigenvalue weighted by molar-refractivity contribution is 0.244. The van der Waals surface area contributed by atoms with E-state index in [1.165, 1.54) is 32.2 Å². The van der Waals surface area contributed by atoms with Crippen molar-refractivity contribution >= 4 is 5.82 Å². The topological polar surface area (TPSA) is 41.1 Å². The van der Waals surface area contributed by atoms with Crippen molar-refractivity contribution in [2.45, 2.75) is 65.5 Å². The molecule has 0 atom stereocenters. The highest BCUT2D eigenvalue weighted by Gasteiger charge is 2.29. The number of anilines is 1. The Labute approximate surface area is 123 Å². The Morgan fingerprint density at radius 2 is 2.05 bits per heavy atom. The second kappa shape index (κ2) is 7.58. The first-order valence-corrected chi connectivity index (χ1v) is 8.05. The van der Waals surface area contributed by atoms with Crippen LogP contribution < -0.4 is 5.32 Å². The Hall–Kier alpha value is -1.16. The monoisotopic (exact) mass is 276 g/mol. The third-order valence-corrected chi connectivity index (χ3v) is 3.66. The van der Waals surface area contributed by atoms with E-state index in [2.05, 4.69) is 41.0 Å². The largest absolute Gasteiger partial charge is 0.370 e. The molecule has 20 heavy (non-hydrogen) atoms. The van der Waals surface area contributed by atoms with Crippen molar-refractivity contribution in [3.05, 3.63) is 17.6 Å².